The highest BCUT2D eigenvalue weighted by atomic mass is 127. The number of methoxy groups -OCH3 is 1. The number of rotatable bonds is 2. The van der Waals surface area contributed by atoms with Gasteiger partial charge in [-0.05, 0) is 34.7 Å². The van der Waals surface area contributed by atoms with E-state index in [1.54, 1.807) is 6.07 Å². The molecule has 0 saturated carbocycles. The summed E-state index contributed by atoms with van der Waals surface area (Å²) >= 11 is 7.86. The standard InChI is InChI=1S/C8H7ClINO2/c1-13-7-2-4(8(11)12)5(9)3-6(7)10/h2-3H,1H3,(H2,11,12). The van der Waals surface area contributed by atoms with Gasteiger partial charge in [0.25, 0.3) is 0 Å². The topological polar surface area (TPSA) is 52.3 Å². The van der Waals surface area contributed by atoms with Crippen LogP contribution in [-0.2, 0) is 0 Å². The molecule has 0 fully saturated rings. The van der Waals surface area contributed by atoms with Gasteiger partial charge >= 0.3 is 0 Å². The minimum Gasteiger partial charge on any atom is -0.496 e. The van der Waals surface area contributed by atoms with Gasteiger partial charge in [0, 0.05) is 0 Å². The Bertz CT molecular complexity index is 354. The third kappa shape index (κ3) is 2.25. The molecule has 0 unspecified atom stereocenters. The quantitative estimate of drug-likeness (QED) is 0.850. The lowest BCUT2D eigenvalue weighted by atomic mass is 10.2. The number of halogens is 2. The zero-order chi connectivity index (χ0) is 10.0. The van der Waals surface area contributed by atoms with Crippen LogP contribution in [-0.4, -0.2) is 13.0 Å². The number of carbonyl (C=O) groups excluding carboxylic acids is 1. The molecule has 70 valence electrons. The van der Waals surface area contributed by atoms with Crippen molar-refractivity contribution < 1.29 is 9.53 Å². The lowest BCUT2D eigenvalue weighted by Gasteiger charge is -2.06. The summed E-state index contributed by atoms with van der Waals surface area (Å²) in [6.07, 6.45) is 0. The molecule has 0 atom stereocenters. The van der Waals surface area contributed by atoms with Crippen molar-refractivity contribution in [3.63, 3.8) is 0 Å². The Morgan fingerprint density at radius 2 is 2.23 bits per heavy atom. The number of ether oxygens (including phenoxy) is 1. The first kappa shape index (κ1) is 10.6. The Morgan fingerprint density at radius 3 is 2.69 bits per heavy atom. The molecule has 0 aliphatic carbocycles. The van der Waals surface area contributed by atoms with E-state index in [4.69, 9.17) is 22.1 Å². The van der Waals surface area contributed by atoms with E-state index in [-0.39, 0.29) is 5.56 Å². The summed E-state index contributed by atoms with van der Waals surface area (Å²) in [5, 5.41) is 0.345. The van der Waals surface area contributed by atoms with Gasteiger partial charge in [0.1, 0.15) is 5.75 Å². The Hall–Kier alpha value is -0.490. The van der Waals surface area contributed by atoms with Crippen LogP contribution in [0.2, 0.25) is 5.02 Å². The van der Waals surface area contributed by atoms with Gasteiger partial charge in [0.05, 0.1) is 21.3 Å². The Morgan fingerprint density at radius 1 is 1.62 bits per heavy atom. The molecule has 3 nitrogen and oxygen atoms in total. The second-order valence-electron chi connectivity index (χ2n) is 2.33. The molecule has 13 heavy (non-hydrogen) atoms. The van der Waals surface area contributed by atoms with E-state index >= 15 is 0 Å². The smallest absolute Gasteiger partial charge is 0.250 e. The van der Waals surface area contributed by atoms with Crippen molar-refractivity contribution in [2.75, 3.05) is 7.11 Å². The lowest BCUT2D eigenvalue weighted by Crippen LogP contribution is -2.12. The molecule has 5 heteroatoms. The Labute approximate surface area is 94.3 Å². The number of hydrogen-bond donors (Lipinski definition) is 1. The minimum absolute atomic E-state index is 0.277. The van der Waals surface area contributed by atoms with Gasteiger partial charge < -0.3 is 10.5 Å². The number of primary amides is 1. The molecule has 1 aromatic carbocycles. The molecule has 0 saturated heterocycles. The van der Waals surface area contributed by atoms with E-state index < -0.39 is 5.91 Å². The third-order valence-electron chi connectivity index (χ3n) is 1.51. The second-order valence-corrected chi connectivity index (χ2v) is 3.90. The van der Waals surface area contributed by atoms with Gasteiger partial charge in [-0.1, -0.05) is 11.6 Å². The van der Waals surface area contributed by atoms with E-state index in [2.05, 4.69) is 22.6 Å². The molecule has 0 aliphatic heterocycles. The highest BCUT2D eigenvalue weighted by Crippen LogP contribution is 2.27. The van der Waals surface area contributed by atoms with Crippen LogP contribution in [0.5, 0.6) is 5.75 Å². The average Bonchev–Trinajstić information content (AvgIpc) is 2.03. The number of nitrogens with two attached hydrogens (primary N) is 1. The van der Waals surface area contributed by atoms with Gasteiger partial charge in [0.2, 0.25) is 5.91 Å². The molecule has 0 heterocycles. The van der Waals surface area contributed by atoms with Crippen molar-refractivity contribution >= 4 is 40.1 Å². The predicted molar refractivity (Wildman–Crippen MR) is 59.2 cm³/mol. The fraction of sp³-hybridized carbons (Fsp3) is 0.125. The zero-order valence-electron chi connectivity index (χ0n) is 6.80. The molecule has 0 aliphatic rings. The van der Waals surface area contributed by atoms with Crippen molar-refractivity contribution in [1.82, 2.24) is 0 Å². The van der Waals surface area contributed by atoms with Gasteiger partial charge in [-0.2, -0.15) is 0 Å². The van der Waals surface area contributed by atoms with Crippen LogP contribution in [0.25, 0.3) is 0 Å². The predicted octanol–water partition coefficient (Wildman–Crippen LogP) is 2.05. The molecule has 1 amide bonds. The van der Waals surface area contributed by atoms with Gasteiger partial charge in [0.15, 0.2) is 0 Å². The van der Waals surface area contributed by atoms with Gasteiger partial charge in [-0.3, -0.25) is 4.79 Å². The monoisotopic (exact) mass is 311 g/mol. The Balaban J connectivity index is 3.30. The highest BCUT2D eigenvalue weighted by molar-refractivity contribution is 14.1. The van der Waals surface area contributed by atoms with E-state index in [0.29, 0.717) is 10.8 Å². The summed E-state index contributed by atoms with van der Waals surface area (Å²) in [5.74, 6) is 0.0403. The fourth-order valence-corrected chi connectivity index (χ4v) is 2.00. The first-order valence-corrected chi connectivity index (χ1v) is 4.84. The largest absolute Gasteiger partial charge is 0.496 e. The van der Waals surface area contributed by atoms with Crippen molar-refractivity contribution in [2.45, 2.75) is 0 Å². The van der Waals surface area contributed by atoms with Crippen molar-refractivity contribution in [3.8, 4) is 5.75 Å². The molecule has 0 radical (unpaired) electrons. The Kier molecular flexibility index (Phi) is 3.38. The van der Waals surface area contributed by atoms with Crippen LogP contribution in [0.4, 0.5) is 0 Å². The summed E-state index contributed by atoms with van der Waals surface area (Å²) in [7, 11) is 1.52. The van der Waals surface area contributed by atoms with Crippen molar-refractivity contribution in [2.24, 2.45) is 5.73 Å². The molecule has 0 spiro atoms. The minimum atomic E-state index is -0.556. The van der Waals surface area contributed by atoms with Crippen LogP contribution in [0.3, 0.4) is 0 Å². The number of carbonyl (C=O) groups is 1. The maximum Gasteiger partial charge on any atom is 0.250 e. The van der Waals surface area contributed by atoms with E-state index in [0.717, 1.165) is 3.57 Å². The average molecular weight is 312 g/mol. The van der Waals surface area contributed by atoms with E-state index in [9.17, 15) is 4.79 Å². The number of amides is 1. The number of hydrogen-bond acceptors (Lipinski definition) is 2. The lowest BCUT2D eigenvalue weighted by molar-refractivity contribution is 0.1000. The molecule has 1 rings (SSSR count). The molecule has 0 aromatic heterocycles. The first-order chi connectivity index (χ1) is 6.06. The highest BCUT2D eigenvalue weighted by Gasteiger charge is 2.10. The summed E-state index contributed by atoms with van der Waals surface area (Å²) in [6.45, 7) is 0. The maximum absolute atomic E-state index is 10.9. The fourth-order valence-electron chi connectivity index (χ4n) is 0.874. The first-order valence-electron chi connectivity index (χ1n) is 3.39. The van der Waals surface area contributed by atoms with Crippen LogP contribution in [0, 0.1) is 3.57 Å². The molecule has 1 aromatic rings. The zero-order valence-corrected chi connectivity index (χ0v) is 9.72. The van der Waals surface area contributed by atoms with E-state index in [1.165, 1.54) is 13.2 Å². The van der Waals surface area contributed by atoms with Crippen LogP contribution in [0.15, 0.2) is 12.1 Å². The van der Waals surface area contributed by atoms with Gasteiger partial charge in [-0.25, -0.2) is 0 Å². The molecule has 0 bridgehead atoms. The summed E-state index contributed by atoms with van der Waals surface area (Å²) in [4.78, 5) is 10.9. The molecular formula is C8H7ClINO2. The summed E-state index contributed by atoms with van der Waals surface area (Å²) < 4.78 is 5.86. The van der Waals surface area contributed by atoms with Crippen LogP contribution >= 0.6 is 34.2 Å². The summed E-state index contributed by atoms with van der Waals surface area (Å²) in [6, 6.07) is 3.17. The van der Waals surface area contributed by atoms with E-state index in [1.807, 2.05) is 0 Å². The van der Waals surface area contributed by atoms with Crippen molar-refractivity contribution in [3.05, 3.63) is 26.3 Å². The second kappa shape index (κ2) is 4.15. The molecule has 2 N–H and O–H groups in total. The van der Waals surface area contributed by atoms with Crippen LogP contribution in [0.1, 0.15) is 10.4 Å². The molecular weight excluding hydrogens is 304 g/mol. The summed E-state index contributed by atoms with van der Waals surface area (Å²) in [5.41, 5.74) is 5.38. The van der Waals surface area contributed by atoms with Crippen LogP contribution < -0.4 is 10.5 Å². The SMILES string of the molecule is COc1cc(C(N)=O)c(Cl)cc1I. The normalized spacial score (nSPS) is 9.77. The third-order valence-corrected chi connectivity index (χ3v) is 2.66. The van der Waals surface area contributed by atoms with Gasteiger partial charge in [-0.15, -0.1) is 0 Å². The maximum atomic E-state index is 10.9. The van der Waals surface area contributed by atoms with Crippen molar-refractivity contribution in [1.29, 1.82) is 0 Å². The number of benzene rings is 1.